The van der Waals surface area contributed by atoms with E-state index in [9.17, 15) is 0 Å². The summed E-state index contributed by atoms with van der Waals surface area (Å²) in [6.07, 6.45) is 3.73. The Morgan fingerprint density at radius 2 is 1.88 bits per heavy atom. The number of benzene rings is 1. The van der Waals surface area contributed by atoms with E-state index in [1.165, 1.54) is 5.56 Å². The van der Waals surface area contributed by atoms with Crippen LogP contribution in [0.1, 0.15) is 36.1 Å². The van der Waals surface area contributed by atoms with E-state index in [0.717, 1.165) is 29.3 Å². The van der Waals surface area contributed by atoms with E-state index >= 15 is 0 Å². The molecule has 1 aromatic carbocycles. The van der Waals surface area contributed by atoms with Crippen molar-refractivity contribution in [3.63, 3.8) is 0 Å². The summed E-state index contributed by atoms with van der Waals surface area (Å²) in [5.74, 6) is 0. The van der Waals surface area contributed by atoms with Gasteiger partial charge in [0.1, 0.15) is 0 Å². The second-order valence-corrected chi connectivity index (χ2v) is 4.43. The number of aromatic nitrogens is 1. The predicted molar refractivity (Wildman–Crippen MR) is 64.8 cm³/mol. The normalized spacial score (nSPS) is 24.4. The number of hydrogen-bond donors (Lipinski definition) is 2. The molecule has 3 heteroatoms. The van der Waals surface area contributed by atoms with E-state index in [4.69, 9.17) is 11.5 Å². The molecule has 2 aromatic rings. The first-order valence-electron chi connectivity index (χ1n) is 5.66. The average Bonchev–Trinajstić information content (AvgIpc) is 2.33. The zero-order chi connectivity index (χ0) is 11.1. The molecular weight excluding hydrogens is 198 g/mol. The molecule has 4 N–H and O–H groups in total. The number of hydrogen-bond acceptors (Lipinski definition) is 3. The molecule has 1 aliphatic rings. The van der Waals surface area contributed by atoms with Gasteiger partial charge in [0.2, 0.25) is 0 Å². The maximum Gasteiger partial charge on any atom is 0.0752 e. The van der Waals surface area contributed by atoms with Gasteiger partial charge in [-0.15, -0.1) is 0 Å². The molecule has 2 atom stereocenters. The molecule has 3 rings (SSSR count). The molecule has 0 radical (unpaired) electrons. The first kappa shape index (κ1) is 9.75. The Labute approximate surface area is 94.5 Å². The van der Waals surface area contributed by atoms with Crippen LogP contribution < -0.4 is 11.5 Å². The SMILES string of the molecule is N[C@@H]1CC[C@H](N)c2ccc3cccnc3c21. The summed E-state index contributed by atoms with van der Waals surface area (Å²) >= 11 is 0. The maximum absolute atomic E-state index is 6.18. The third-order valence-corrected chi connectivity index (χ3v) is 3.41. The minimum absolute atomic E-state index is 0.0772. The van der Waals surface area contributed by atoms with Gasteiger partial charge in [-0.1, -0.05) is 18.2 Å². The van der Waals surface area contributed by atoms with Crippen LogP contribution in [0.15, 0.2) is 30.5 Å². The molecule has 1 aromatic heterocycles. The molecule has 0 aliphatic heterocycles. The Balaban J connectivity index is 2.35. The minimum Gasteiger partial charge on any atom is -0.324 e. The highest BCUT2D eigenvalue weighted by molar-refractivity contribution is 5.83. The van der Waals surface area contributed by atoms with Gasteiger partial charge in [-0.3, -0.25) is 4.98 Å². The lowest BCUT2D eigenvalue weighted by Crippen LogP contribution is -2.25. The first-order chi connectivity index (χ1) is 7.77. The zero-order valence-electron chi connectivity index (χ0n) is 9.06. The first-order valence-corrected chi connectivity index (χ1v) is 5.66. The summed E-state index contributed by atoms with van der Waals surface area (Å²) in [6, 6.07) is 8.38. The van der Waals surface area contributed by atoms with Crippen molar-refractivity contribution in [2.75, 3.05) is 0 Å². The largest absolute Gasteiger partial charge is 0.324 e. The van der Waals surface area contributed by atoms with Gasteiger partial charge in [0.05, 0.1) is 5.52 Å². The summed E-state index contributed by atoms with van der Waals surface area (Å²) in [6.45, 7) is 0. The third kappa shape index (κ3) is 1.32. The maximum atomic E-state index is 6.18. The molecular formula is C13H15N3. The fourth-order valence-electron chi connectivity index (χ4n) is 2.56. The molecule has 0 saturated carbocycles. The van der Waals surface area contributed by atoms with Crippen molar-refractivity contribution in [3.8, 4) is 0 Å². The molecule has 82 valence electrons. The standard InChI is InChI=1S/C13H15N3/c14-10-5-6-11(15)12-9(10)4-3-8-2-1-7-16-13(8)12/h1-4,7,10-11H,5-6,14-15H2/t10-,11+/m0/s1. The Morgan fingerprint density at radius 3 is 2.75 bits per heavy atom. The lowest BCUT2D eigenvalue weighted by Gasteiger charge is -2.27. The van der Waals surface area contributed by atoms with E-state index in [1.807, 2.05) is 12.3 Å². The molecule has 0 bridgehead atoms. The highest BCUT2D eigenvalue weighted by Gasteiger charge is 2.24. The highest BCUT2D eigenvalue weighted by Crippen LogP contribution is 2.37. The number of rotatable bonds is 0. The van der Waals surface area contributed by atoms with E-state index in [2.05, 4.69) is 23.2 Å². The van der Waals surface area contributed by atoms with E-state index < -0.39 is 0 Å². The van der Waals surface area contributed by atoms with Crippen molar-refractivity contribution in [2.45, 2.75) is 24.9 Å². The van der Waals surface area contributed by atoms with E-state index in [1.54, 1.807) is 0 Å². The Hall–Kier alpha value is -1.45. The summed E-state index contributed by atoms with van der Waals surface area (Å²) in [5, 5.41) is 1.14. The number of nitrogens with zero attached hydrogens (tertiary/aromatic N) is 1. The monoisotopic (exact) mass is 213 g/mol. The predicted octanol–water partition coefficient (Wildman–Crippen LogP) is 2.03. The van der Waals surface area contributed by atoms with Crippen LogP contribution in [-0.2, 0) is 0 Å². The van der Waals surface area contributed by atoms with Gasteiger partial charge >= 0.3 is 0 Å². The van der Waals surface area contributed by atoms with Crippen LogP contribution >= 0.6 is 0 Å². The Bertz CT molecular complexity index is 536. The van der Waals surface area contributed by atoms with Gasteiger partial charge in [0.15, 0.2) is 0 Å². The van der Waals surface area contributed by atoms with Crippen LogP contribution in [-0.4, -0.2) is 4.98 Å². The van der Waals surface area contributed by atoms with Crippen LogP contribution in [0.4, 0.5) is 0 Å². The Kier molecular flexibility index (Phi) is 2.16. The lowest BCUT2D eigenvalue weighted by atomic mass is 9.83. The molecule has 16 heavy (non-hydrogen) atoms. The molecule has 0 amide bonds. The number of pyridine rings is 1. The van der Waals surface area contributed by atoms with E-state index in [-0.39, 0.29) is 12.1 Å². The van der Waals surface area contributed by atoms with Gasteiger partial charge in [0, 0.05) is 23.7 Å². The van der Waals surface area contributed by atoms with Gasteiger partial charge in [-0.05, 0) is 30.0 Å². The van der Waals surface area contributed by atoms with Crippen molar-refractivity contribution < 1.29 is 0 Å². The van der Waals surface area contributed by atoms with Crippen molar-refractivity contribution in [1.29, 1.82) is 0 Å². The summed E-state index contributed by atoms with van der Waals surface area (Å²) in [4.78, 5) is 4.44. The second-order valence-electron chi connectivity index (χ2n) is 4.43. The fourth-order valence-corrected chi connectivity index (χ4v) is 2.56. The fraction of sp³-hybridized carbons (Fsp3) is 0.308. The number of fused-ring (bicyclic) bond motifs is 3. The summed E-state index contributed by atoms with van der Waals surface area (Å²) in [7, 11) is 0. The Morgan fingerprint density at radius 1 is 1.06 bits per heavy atom. The van der Waals surface area contributed by atoms with Crippen molar-refractivity contribution in [2.24, 2.45) is 11.5 Å². The quantitative estimate of drug-likeness (QED) is 0.703. The minimum atomic E-state index is 0.0772. The van der Waals surface area contributed by atoms with Crippen LogP contribution in [0.3, 0.4) is 0 Å². The van der Waals surface area contributed by atoms with Crippen molar-refractivity contribution >= 4 is 10.9 Å². The third-order valence-electron chi connectivity index (χ3n) is 3.41. The summed E-state index contributed by atoms with van der Waals surface area (Å²) < 4.78 is 0. The smallest absolute Gasteiger partial charge is 0.0752 e. The van der Waals surface area contributed by atoms with Gasteiger partial charge in [0.25, 0.3) is 0 Å². The zero-order valence-corrected chi connectivity index (χ0v) is 9.06. The molecule has 1 heterocycles. The van der Waals surface area contributed by atoms with Gasteiger partial charge in [-0.2, -0.15) is 0 Å². The van der Waals surface area contributed by atoms with Crippen LogP contribution in [0.25, 0.3) is 10.9 Å². The number of nitrogens with two attached hydrogens (primary N) is 2. The molecule has 0 fully saturated rings. The van der Waals surface area contributed by atoms with E-state index in [0.29, 0.717) is 0 Å². The molecule has 0 unspecified atom stereocenters. The summed E-state index contributed by atoms with van der Waals surface area (Å²) in [5.41, 5.74) is 15.6. The topological polar surface area (TPSA) is 64.9 Å². The average molecular weight is 213 g/mol. The van der Waals surface area contributed by atoms with Gasteiger partial charge in [-0.25, -0.2) is 0 Å². The highest BCUT2D eigenvalue weighted by atomic mass is 14.7. The molecule has 0 saturated heterocycles. The van der Waals surface area contributed by atoms with Crippen LogP contribution in [0.5, 0.6) is 0 Å². The lowest BCUT2D eigenvalue weighted by molar-refractivity contribution is 0.503. The van der Waals surface area contributed by atoms with Crippen LogP contribution in [0.2, 0.25) is 0 Å². The second kappa shape index (κ2) is 3.54. The van der Waals surface area contributed by atoms with Gasteiger partial charge < -0.3 is 11.5 Å². The van der Waals surface area contributed by atoms with Crippen molar-refractivity contribution in [3.05, 3.63) is 41.6 Å². The van der Waals surface area contributed by atoms with Crippen molar-refractivity contribution in [1.82, 2.24) is 4.98 Å². The molecule has 0 spiro atoms. The van der Waals surface area contributed by atoms with Crippen LogP contribution in [0, 0.1) is 0 Å². The molecule has 1 aliphatic carbocycles. The molecule has 3 nitrogen and oxygen atoms in total.